The second-order valence-electron chi connectivity index (χ2n) is 6.12. The number of hydrogen-bond donors (Lipinski definition) is 1. The van der Waals surface area contributed by atoms with Crippen LogP contribution >= 0.6 is 0 Å². The van der Waals surface area contributed by atoms with Crippen molar-refractivity contribution in [3.8, 4) is 0 Å². The van der Waals surface area contributed by atoms with Gasteiger partial charge in [-0.15, -0.1) is 0 Å². The van der Waals surface area contributed by atoms with Crippen LogP contribution in [0.15, 0.2) is 18.2 Å². The zero-order valence-corrected chi connectivity index (χ0v) is 12.4. The van der Waals surface area contributed by atoms with E-state index in [2.05, 4.69) is 17.1 Å². The summed E-state index contributed by atoms with van der Waals surface area (Å²) in [4.78, 5) is 14.7. The number of rotatable bonds is 2. The van der Waals surface area contributed by atoms with E-state index in [0.717, 1.165) is 26.1 Å². The van der Waals surface area contributed by atoms with E-state index in [1.165, 1.54) is 12.1 Å². The zero-order valence-electron chi connectivity index (χ0n) is 12.4. The van der Waals surface area contributed by atoms with Gasteiger partial charge in [-0.3, -0.25) is 9.69 Å². The number of nitrogens with one attached hydrogen (secondary N) is 1. The predicted octanol–water partition coefficient (Wildman–Crippen LogP) is 1.73. The lowest BCUT2D eigenvalue weighted by Crippen LogP contribution is -2.45. The molecule has 3 atom stereocenters. The summed E-state index contributed by atoms with van der Waals surface area (Å²) in [7, 11) is 0. The van der Waals surface area contributed by atoms with E-state index in [9.17, 15) is 9.18 Å². The number of morpholine rings is 1. The maximum atomic E-state index is 13.1. The van der Waals surface area contributed by atoms with Crippen LogP contribution in [0.4, 0.5) is 4.39 Å². The smallest absolute Gasteiger partial charge is 0.251 e. The van der Waals surface area contributed by atoms with Crippen LogP contribution in [0, 0.1) is 12.7 Å². The Morgan fingerprint density at radius 2 is 2.24 bits per heavy atom. The van der Waals surface area contributed by atoms with E-state index in [1.807, 2.05) is 0 Å². The first-order chi connectivity index (χ1) is 10.0. The van der Waals surface area contributed by atoms with Gasteiger partial charge in [0.05, 0.1) is 12.7 Å². The minimum absolute atomic E-state index is 0.119. The van der Waals surface area contributed by atoms with Gasteiger partial charge in [-0.25, -0.2) is 4.39 Å². The maximum absolute atomic E-state index is 13.1. The Labute approximate surface area is 124 Å². The minimum Gasteiger partial charge on any atom is -0.376 e. The summed E-state index contributed by atoms with van der Waals surface area (Å²) in [6.45, 7) is 6.36. The molecule has 114 valence electrons. The van der Waals surface area contributed by atoms with Gasteiger partial charge < -0.3 is 10.1 Å². The van der Waals surface area contributed by atoms with Gasteiger partial charge in [0.25, 0.3) is 5.91 Å². The van der Waals surface area contributed by atoms with E-state index >= 15 is 0 Å². The second-order valence-corrected chi connectivity index (χ2v) is 6.12. The number of benzene rings is 1. The fraction of sp³-hybridized carbons (Fsp3) is 0.562. The number of aryl methyl sites for hydroxylation is 1. The molecule has 0 aromatic heterocycles. The highest BCUT2D eigenvalue weighted by molar-refractivity contribution is 5.95. The first-order valence-corrected chi connectivity index (χ1v) is 7.45. The number of hydrogen-bond acceptors (Lipinski definition) is 3. The monoisotopic (exact) mass is 292 g/mol. The van der Waals surface area contributed by atoms with Crippen molar-refractivity contribution in [3.63, 3.8) is 0 Å². The summed E-state index contributed by atoms with van der Waals surface area (Å²) in [5.74, 6) is -0.431. The number of carbonyl (C=O) groups excluding carboxylic acids is 1. The number of fused-ring (bicyclic) bond motifs is 1. The number of halogens is 1. The summed E-state index contributed by atoms with van der Waals surface area (Å²) in [5.41, 5.74) is 1.21. The van der Waals surface area contributed by atoms with E-state index in [1.54, 1.807) is 13.0 Å². The topological polar surface area (TPSA) is 41.6 Å². The van der Waals surface area contributed by atoms with Crippen LogP contribution in [0.1, 0.15) is 29.3 Å². The standard InChI is InChI=1S/C16H21FN2O2/c1-10-5-12(17)3-4-15(10)16(20)18-13-6-14-9-21-11(2)7-19(14)8-13/h3-5,11,13-14H,6-9H2,1-2H3,(H,18,20)/t11-,13-,14-/m0/s1. The van der Waals surface area contributed by atoms with E-state index in [4.69, 9.17) is 4.74 Å². The normalized spacial score (nSPS) is 29.2. The first-order valence-electron chi connectivity index (χ1n) is 7.45. The SMILES string of the molecule is Cc1cc(F)ccc1C(=O)N[C@H]1C[C@H]2CO[C@@H](C)CN2C1. The molecule has 2 heterocycles. The molecule has 1 aromatic rings. The van der Waals surface area contributed by atoms with Gasteiger partial charge in [0.2, 0.25) is 0 Å². The molecule has 2 aliphatic rings. The molecule has 4 nitrogen and oxygen atoms in total. The molecule has 0 bridgehead atoms. The summed E-state index contributed by atoms with van der Waals surface area (Å²) in [5, 5.41) is 3.07. The van der Waals surface area contributed by atoms with Crippen LogP contribution < -0.4 is 5.32 Å². The molecule has 0 saturated carbocycles. The van der Waals surface area contributed by atoms with Gasteiger partial charge in [-0.2, -0.15) is 0 Å². The Morgan fingerprint density at radius 1 is 1.43 bits per heavy atom. The minimum atomic E-state index is -0.312. The second kappa shape index (κ2) is 5.73. The average molecular weight is 292 g/mol. The average Bonchev–Trinajstić information content (AvgIpc) is 2.79. The molecule has 3 rings (SSSR count). The molecule has 0 radical (unpaired) electrons. The molecule has 0 spiro atoms. The van der Waals surface area contributed by atoms with Crippen molar-refractivity contribution in [3.05, 3.63) is 35.1 Å². The Balaban J connectivity index is 1.63. The van der Waals surface area contributed by atoms with Gasteiger partial charge in [0, 0.05) is 30.7 Å². The van der Waals surface area contributed by atoms with E-state index in [0.29, 0.717) is 17.2 Å². The summed E-state index contributed by atoms with van der Waals surface area (Å²) < 4.78 is 18.8. The van der Waals surface area contributed by atoms with Crippen LogP contribution in [-0.4, -0.2) is 48.7 Å². The van der Waals surface area contributed by atoms with Crippen LogP contribution in [0.25, 0.3) is 0 Å². The molecule has 1 aromatic carbocycles. The van der Waals surface area contributed by atoms with Gasteiger partial charge in [-0.1, -0.05) is 0 Å². The highest BCUT2D eigenvalue weighted by Gasteiger charge is 2.36. The lowest BCUT2D eigenvalue weighted by molar-refractivity contribution is -0.0390. The molecule has 2 saturated heterocycles. The molecule has 21 heavy (non-hydrogen) atoms. The molecular weight excluding hydrogens is 271 g/mol. The molecule has 0 aliphatic carbocycles. The number of amides is 1. The number of nitrogens with zero attached hydrogens (tertiary/aromatic N) is 1. The lowest BCUT2D eigenvalue weighted by atomic mass is 10.1. The van der Waals surface area contributed by atoms with Gasteiger partial charge in [0.1, 0.15) is 5.82 Å². The Kier molecular flexibility index (Phi) is 3.95. The van der Waals surface area contributed by atoms with Gasteiger partial charge >= 0.3 is 0 Å². The Hall–Kier alpha value is -1.46. The summed E-state index contributed by atoms with van der Waals surface area (Å²) in [6, 6.07) is 4.81. The molecule has 0 unspecified atom stereocenters. The van der Waals surface area contributed by atoms with Gasteiger partial charge in [0.15, 0.2) is 0 Å². The summed E-state index contributed by atoms with van der Waals surface area (Å²) in [6.07, 6.45) is 1.17. The van der Waals surface area contributed by atoms with Crippen molar-refractivity contribution in [2.75, 3.05) is 19.7 Å². The quantitative estimate of drug-likeness (QED) is 0.902. The van der Waals surface area contributed by atoms with Crippen molar-refractivity contribution in [1.29, 1.82) is 0 Å². The molecule has 1 amide bonds. The van der Waals surface area contributed by atoms with Crippen LogP contribution in [0.3, 0.4) is 0 Å². The lowest BCUT2D eigenvalue weighted by Gasteiger charge is -2.33. The highest BCUT2D eigenvalue weighted by atomic mass is 19.1. The van der Waals surface area contributed by atoms with Crippen molar-refractivity contribution >= 4 is 5.91 Å². The largest absolute Gasteiger partial charge is 0.376 e. The van der Waals surface area contributed by atoms with Crippen molar-refractivity contribution in [2.24, 2.45) is 0 Å². The highest BCUT2D eigenvalue weighted by Crippen LogP contribution is 2.23. The number of ether oxygens (including phenoxy) is 1. The Morgan fingerprint density at radius 3 is 3.00 bits per heavy atom. The maximum Gasteiger partial charge on any atom is 0.251 e. The predicted molar refractivity (Wildman–Crippen MR) is 77.8 cm³/mol. The van der Waals surface area contributed by atoms with Crippen LogP contribution in [0.5, 0.6) is 0 Å². The van der Waals surface area contributed by atoms with Crippen molar-refractivity contribution in [1.82, 2.24) is 10.2 Å². The Bertz CT molecular complexity index is 549. The van der Waals surface area contributed by atoms with E-state index in [-0.39, 0.29) is 23.9 Å². The number of carbonyl (C=O) groups is 1. The molecule has 2 fully saturated rings. The van der Waals surface area contributed by atoms with Crippen LogP contribution in [-0.2, 0) is 4.74 Å². The fourth-order valence-electron chi connectivity index (χ4n) is 3.29. The van der Waals surface area contributed by atoms with Gasteiger partial charge in [-0.05, 0) is 44.0 Å². The third-order valence-corrected chi connectivity index (χ3v) is 4.36. The summed E-state index contributed by atoms with van der Waals surface area (Å²) >= 11 is 0. The fourth-order valence-corrected chi connectivity index (χ4v) is 3.29. The third kappa shape index (κ3) is 3.09. The first kappa shape index (κ1) is 14.5. The van der Waals surface area contributed by atoms with Crippen molar-refractivity contribution in [2.45, 2.75) is 38.5 Å². The molecular formula is C16H21FN2O2. The molecule has 2 aliphatic heterocycles. The third-order valence-electron chi connectivity index (χ3n) is 4.36. The molecule has 1 N–H and O–H groups in total. The van der Waals surface area contributed by atoms with Crippen LogP contribution in [0.2, 0.25) is 0 Å². The molecule has 5 heteroatoms. The zero-order chi connectivity index (χ0) is 15.0. The van der Waals surface area contributed by atoms with Crippen molar-refractivity contribution < 1.29 is 13.9 Å². The van der Waals surface area contributed by atoms with E-state index < -0.39 is 0 Å².